The Labute approximate surface area is 207 Å². The van der Waals surface area contributed by atoms with E-state index in [2.05, 4.69) is 23.7 Å². The molecule has 2 aromatic rings. The molecule has 4 rings (SSSR count). The molecule has 0 saturated carbocycles. The molecule has 0 bridgehead atoms. The van der Waals surface area contributed by atoms with Crippen LogP contribution in [0.1, 0.15) is 11.1 Å². The van der Waals surface area contributed by atoms with Gasteiger partial charge in [0, 0.05) is 11.1 Å². The van der Waals surface area contributed by atoms with Gasteiger partial charge in [-0.25, -0.2) is 0 Å². The highest BCUT2D eigenvalue weighted by atomic mass is 16.5. The van der Waals surface area contributed by atoms with Gasteiger partial charge in [0.15, 0.2) is 0 Å². The Bertz CT molecular complexity index is 1100. The summed E-state index contributed by atoms with van der Waals surface area (Å²) in [7, 11) is 0. The highest BCUT2D eigenvalue weighted by Gasteiger charge is 2.43. The fourth-order valence-corrected chi connectivity index (χ4v) is 4.15. The molecule has 2 fully saturated rings. The molecule has 0 aromatic heterocycles. The third-order valence-corrected chi connectivity index (χ3v) is 6.34. The normalized spacial score (nSPS) is 36.4. The quantitative estimate of drug-likeness (QED) is 0.201. The first kappa shape index (κ1) is 26.5. The molecule has 0 aliphatic carbocycles. The minimum absolute atomic E-state index is 0.536. The maximum absolute atomic E-state index is 10.1. The van der Waals surface area contributed by atoms with E-state index < -0.39 is 74.3 Å². The van der Waals surface area contributed by atoms with E-state index in [0.29, 0.717) is 11.1 Å². The fraction of sp³-hybridized carbons (Fsp3) is 0.462. The van der Waals surface area contributed by atoms with Crippen LogP contribution in [0.4, 0.5) is 0 Å². The van der Waals surface area contributed by atoms with Crippen LogP contribution in [0.2, 0.25) is 0 Å². The van der Waals surface area contributed by atoms with E-state index >= 15 is 0 Å². The molecule has 192 valence electrons. The summed E-state index contributed by atoms with van der Waals surface area (Å²) in [5.74, 6) is 11.2. The van der Waals surface area contributed by atoms with Crippen molar-refractivity contribution in [1.82, 2.24) is 0 Å². The van der Waals surface area contributed by atoms with Gasteiger partial charge in [-0.2, -0.15) is 0 Å². The van der Waals surface area contributed by atoms with E-state index in [1.165, 1.54) is 0 Å². The van der Waals surface area contributed by atoms with Gasteiger partial charge in [0.05, 0.1) is 13.2 Å². The van der Waals surface area contributed by atoms with Crippen LogP contribution in [0, 0.1) is 23.7 Å². The lowest BCUT2D eigenvalue weighted by Crippen LogP contribution is -2.58. The number of hydrogen-bond acceptors (Lipinski definition) is 10. The minimum Gasteiger partial charge on any atom is -0.394 e. The van der Waals surface area contributed by atoms with Crippen molar-refractivity contribution in [2.75, 3.05) is 13.2 Å². The number of fused-ring (bicyclic) bond motifs is 1. The van der Waals surface area contributed by atoms with Crippen molar-refractivity contribution in [2.24, 2.45) is 0 Å². The number of rotatable bonds is 2. The molecule has 10 unspecified atom stereocenters. The minimum atomic E-state index is -1.50. The van der Waals surface area contributed by atoms with Crippen molar-refractivity contribution in [1.29, 1.82) is 0 Å². The molecule has 0 radical (unpaired) electrons. The average molecular weight is 501 g/mol. The predicted molar refractivity (Wildman–Crippen MR) is 125 cm³/mol. The summed E-state index contributed by atoms with van der Waals surface area (Å²) >= 11 is 0. The monoisotopic (exact) mass is 500 g/mol. The summed E-state index contributed by atoms with van der Waals surface area (Å²) in [5, 5.41) is 80.2. The van der Waals surface area contributed by atoms with Crippen molar-refractivity contribution < 1.29 is 50.3 Å². The lowest BCUT2D eigenvalue weighted by molar-refractivity contribution is -0.214. The zero-order chi connectivity index (χ0) is 26.0. The van der Waals surface area contributed by atoms with Crippen LogP contribution in [0.15, 0.2) is 36.4 Å². The van der Waals surface area contributed by atoms with Gasteiger partial charge in [-0.1, -0.05) is 35.8 Å². The maximum Gasteiger partial charge on any atom is 0.147 e. The first-order valence-electron chi connectivity index (χ1n) is 11.4. The summed E-state index contributed by atoms with van der Waals surface area (Å²) in [6.45, 7) is -1.07. The Kier molecular flexibility index (Phi) is 8.25. The standard InChI is InChI=1S/C26H28O10/c27-11-19-23(31)25(33)21(29)17(35-19)7-3-13-1-5-15-6-2-14(10-16(15)9-13)4-8-18-22(30)26(34)24(32)20(12-28)36-18/h1-2,5-6,9-10,17-34H,11-12H2. The Hall–Kier alpha value is -2.58. The molecule has 2 aliphatic rings. The van der Waals surface area contributed by atoms with Crippen molar-refractivity contribution in [3.05, 3.63) is 47.5 Å². The molecule has 10 nitrogen and oxygen atoms in total. The Balaban J connectivity index is 1.54. The van der Waals surface area contributed by atoms with Crippen molar-refractivity contribution in [2.45, 2.75) is 61.0 Å². The zero-order valence-corrected chi connectivity index (χ0v) is 19.0. The van der Waals surface area contributed by atoms with Crippen molar-refractivity contribution >= 4 is 10.8 Å². The molecule has 36 heavy (non-hydrogen) atoms. The molecule has 2 saturated heterocycles. The molecule has 8 N–H and O–H groups in total. The van der Waals surface area contributed by atoms with E-state index in [1.54, 1.807) is 24.3 Å². The van der Waals surface area contributed by atoms with Gasteiger partial charge >= 0.3 is 0 Å². The van der Waals surface area contributed by atoms with Crippen LogP contribution in [-0.2, 0) is 9.47 Å². The van der Waals surface area contributed by atoms with Crippen LogP contribution in [0.3, 0.4) is 0 Å². The number of benzene rings is 2. The lowest BCUT2D eigenvalue weighted by Gasteiger charge is -2.37. The smallest absolute Gasteiger partial charge is 0.147 e. The van der Waals surface area contributed by atoms with Gasteiger partial charge in [0.25, 0.3) is 0 Å². The van der Waals surface area contributed by atoms with Crippen LogP contribution in [0.5, 0.6) is 0 Å². The molecule has 0 amide bonds. The van der Waals surface area contributed by atoms with Gasteiger partial charge in [-0.3, -0.25) is 0 Å². The number of ether oxygens (including phenoxy) is 2. The summed E-state index contributed by atoms with van der Waals surface area (Å²) in [5.41, 5.74) is 1.16. The van der Waals surface area contributed by atoms with Gasteiger partial charge < -0.3 is 50.3 Å². The van der Waals surface area contributed by atoms with E-state index in [-0.39, 0.29) is 0 Å². The van der Waals surface area contributed by atoms with Crippen molar-refractivity contribution in [3.63, 3.8) is 0 Å². The first-order chi connectivity index (χ1) is 17.2. The SMILES string of the molecule is OCC1OC(C#Cc2ccc3ccc(C#CC4OC(CO)C(O)C(O)C4O)cc3c2)C(O)C(O)C1O. The summed E-state index contributed by atoms with van der Waals surface area (Å²) < 4.78 is 10.8. The highest BCUT2D eigenvalue weighted by Crippen LogP contribution is 2.23. The third-order valence-electron chi connectivity index (χ3n) is 6.34. The summed E-state index contributed by atoms with van der Waals surface area (Å²) in [6, 6.07) is 10.8. The fourth-order valence-electron chi connectivity index (χ4n) is 4.15. The highest BCUT2D eigenvalue weighted by molar-refractivity contribution is 5.85. The Morgan fingerprint density at radius 1 is 0.556 bits per heavy atom. The zero-order valence-electron chi connectivity index (χ0n) is 19.0. The van der Waals surface area contributed by atoms with Crippen LogP contribution in [0.25, 0.3) is 10.8 Å². The number of aliphatic hydroxyl groups excluding tert-OH is 8. The summed E-state index contributed by atoms with van der Waals surface area (Å²) in [6.07, 6.45) is -13.1. The summed E-state index contributed by atoms with van der Waals surface area (Å²) in [4.78, 5) is 0. The van der Waals surface area contributed by atoms with Crippen LogP contribution < -0.4 is 0 Å². The van der Waals surface area contributed by atoms with Gasteiger partial charge in [0.2, 0.25) is 0 Å². The molecular weight excluding hydrogens is 472 g/mol. The Morgan fingerprint density at radius 2 is 0.972 bits per heavy atom. The van der Waals surface area contributed by atoms with Crippen LogP contribution >= 0.6 is 0 Å². The molecule has 0 spiro atoms. The van der Waals surface area contributed by atoms with Gasteiger partial charge in [-0.05, 0) is 35.0 Å². The van der Waals surface area contributed by atoms with E-state index in [9.17, 15) is 40.9 Å². The molecule has 2 aliphatic heterocycles. The number of hydrogen-bond donors (Lipinski definition) is 8. The molecule has 10 atom stereocenters. The average Bonchev–Trinajstić information content (AvgIpc) is 2.89. The Morgan fingerprint density at radius 3 is 1.36 bits per heavy atom. The van der Waals surface area contributed by atoms with E-state index in [0.717, 1.165) is 10.8 Å². The first-order valence-corrected chi connectivity index (χ1v) is 11.4. The maximum atomic E-state index is 10.1. The van der Waals surface area contributed by atoms with Crippen LogP contribution in [-0.4, -0.2) is 115 Å². The predicted octanol–water partition coefficient (Wildman–Crippen LogP) is -2.77. The second-order valence-electron chi connectivity index (χ2n) is 8.81. The second-order valence-corrected chi connectivity index (χ2v) is 8.81. The molecule has 2 heterocycles. The molecule has 10 heteroatoms. The van der Waals surface area contributed by atoms with Gasteiger partial charge in [0.1, 0.15) is 61.0 Å². The van der Waals surface area contributed by atoms with E-state index in [4.69, 9.17) is 9.47 Å². The van der Waals surface area contributed by atoms with E-state index in [1.807, 2.05) is 12.1 Å². The molecule has 2 aromatic carbocycles. The third kappa shape index (κ3) is 5.39. The second kappa shape index (κ2) is 11.2. The largest absolute Gasteiger partial charge is 0.394 e. The van der Waals surface area contributed by atoms with Gasteiger partial charge in [-0.15, -0.1) is 0 Å². The topological polar surface area (TPSA) is 180 Å². The molecular formula is C26H28O10. The van der Waals surface area contributed by atoms with Crippen molar-refractivity contribution in [3.8, 4) is 23.7 Å². The number of aliphatic hydroxyl groups is 8. The lowest BCUT2D eigenvalue weighted by atomic mass is 9.95.